The van der Waals surface area contributed by atoms with E-state index in [-0.39, 0.29) is 11.7 Å². The molecule has 2 rings (SSSR count). The van der Waals surface area contributed by atoms with Crippen LogP contribution in [0.5, 0.6) is 0 Å². The van der Waals surface area contributed by atoms with Crippen molar-refractivity contribution in [1.82, 2.24) is 10.2 Å². The molecule has 0 aliphatic heterocycles. The Kier molecular flexibility index (Phi) is 5.20. The summed E-state index contributed by atoms with van der Waals surface area (Å²) in [6, 6.07) is 9.85. The van der Waals surface area contributed by atoms with Crippen molar-refractivity contribution in [3.63, 3.8) is 0 Å². The maximum absolute atomic E-state index is 12.8. The Bertz CT molecular complexity index is 584. The van der Waals surface area contributed by atoms with Crippen LogP contribution in [0.4, 0.5) is 16.0 Å². The summed E-state index contributed by atoms with van der Waals surface area (Å²) in [4.78, 5) is 11.2. The third kappa shape index (κ3) is 4.83. The molecule has 0 aliphatic rings. The zero-order valence-corrected chi connectivity index (χ0v) is 11.8. The number of hydrogen-bond donors (Lipinski definition) is 2. The fourth-order valence-electron chi connectivity index (χ4n) is 1.71. The van der Waals surface area contributed by atoms with E-state index < -0.39 is 0 Å². The Labute approximate surface area is 122 Å². The first kappa shape index (κ1) is 14.9. The molecule has 2 aromatic rings. The summed E-state index contributed by atoms with van der Waals surface area (Å²) in [6.07, 6.45) is 1.16. The minimum Gasteiger partial charge on any atom is -0.368 e. The normalized spacial score (nSPS) is 10.2. The molecule has 0 atom stereocenters. The van der Waals surface area contributed by atoms with E-state index in [2.05, 4.69) is 20.8 Å². The molecule has 1 amide bonds. The second-order valence-corrected chi connectivity index (χ2v) is 4.51. The van der Waals surface area contributed by atoms with E-state index >= 15 is 0 Å². The fourth-order valence-corrected chi connectivity index (χ4v) is 1.71. The van der Waals surface area contributed by atoms with E-state index in [9.17, 15) is 9.18 Å². The Balaban J connectivity index is 1.80. The van der Waals surface area contributed by atoms with Crippen LogP contribution < -0.4 is 10.6 Å². The van der Waals surface area contributed by atoms with E-state index in [1.165, 1.54) is 12.1 Å². The van der Waals surface area contributed by atoms with Crippen LogP contribution in [0.2, 0.25) is 0 Å². The summed E-state index contributed by atoms with van der Waals surface area (Å²) in [6.45, 7) is 2.44. The number of hydrogen-bond acceptors (Lipinski definition) is 4. The summed E-state index contributed by atoms with van der Waals surface area (Å²) in [7, 11) is 0. The molecule has 5 nitrogen and oxygen atoms in total. The number of nitrogens with one attached hydrogen (secondary N) is 2. The van der Waals surface area contributed by atoms with Gasteiger partial charge in [0, 0.05) is 13.0 Å². The molecule has 21 heavy (non-hydrogen) atoms. The molecular weight excluding hydrogens is 271 g/mol. The van der Waals surface area contributed by atoms with Crippen LogP contribution in [0, 0.1) is 5.82 Å². The van der Waals surface area contributed by atoms with Gasteiger partial charge in [-0.2, -0.15) is 0 Å². The molecule has 0 fully saturated rings. The first-order valence-electron chi connectivity index (χ1n) is 6.79. The second kappa shape index (κ2) is 7.33. The van der Waals surface area contributed by atoms with Gasteiger partial charge in [0.25, 0.3) is 0 Å². The van der Waals surface area contributed by atoms with Crippen molar-refractivity contribution in [2.75, 3.05) is 17.2 Å². The number of aromatic nitrogens is 2. The van der Waals surface area contributed by atoms with E-state index in [0.29, 0.717) is 24.6 Å². The summed E-state index contributed by atoms with van der Waals surface area (Å²) >= 11 is 0. The van der Waals surface area contributed by atoms with Crippen molar-refractivity contribution < 1.29 is 9.18 Å². The van der Waals surface area contributed by atoms with E-state index in [4.69, 9.17) is 0 Å². The molecule has 1 aromatic carbocycles. The number of benzene rings is 1. The highest BCUT2D eigenvalue weighted by Crippen LogP contribution is 2.07. The van der Waals surface area contributed by atoms with Gasteiger partial charge in [-0.05, 0) is 36.2 Å². The van der Waals surface area contributed by atoms with Crippen LogP contribution in [0.1, 0.15) is 18.9 Å². The summed E-state index contributed by atoms with van der Waals surface area (Å²) in [5, 5.41) is 13.6. The molecule has 1 aromatic heterocycles. The van der Waals surface area contributed by atoms with Crippen LogP contribution >= 0.6 is 0 Å². The molecule has 0 bridgehead atoms. The zero-order valence-electron chi connectivity index (χ0n) is 11.8. The molecule has 2 N–H and O–H groups in total. The fraction of sp³-hybridized carbons (Fsp3) is 0.267. The standard InChI is InChI=1S/C15H17FN4O/c1-2-15(21)18-14-8-7-13(19-20-14)17-10-9-11-3-5-12(16)6-4-11/h3-8H,2,9-10H2,1H3,(H,17,19)(H,18,20,21). The van der Waals surface area contributed by atoms with Crippen molar-refractivity contribution in [2.45, 2.75) is 19.8 Å². The molecule has 1 heterocycles. The third-order valence-electron chi connectivity index (χ3n) is 2.89. The highest BCUT2D eigenvalue weighted by Gasteiger charge is 2.01. The number of halogens is 1. The van der Waals surface area contributed by atoms with Crippen molar-refractivity contribution >= 4 is 17.5 Å². The van der Waals surface area contributed by atoms with Gasteiger partial charge in [-0.25, -0.2) is 4.39 Å². The van der Waals surface area contributed by atoms with Crippen molar-refractivity contribution in [1.29, 1.82) is 0 Å². The first-order valence-corrected chi connectivity index (χ1v) is 6.79. The van der Waals surface area contributed by atoms with Gasteiger partial charge in [-0.3, -0.25) is 4.79 Å². The van der Waals surface area contributed by atoms with Gasteiger partial charge in [-0.15, -0.1) is 10.2 Å². The Morgan fingerprint density at radius 3 is 2.38 bits per heavy atom. The lowest BCUT2D eigenvalue weighted by Gasteiger charge is -2.06. The number of anilines is 2. The van der Waals surface area contributed by atoms with Crippen molar-refractivity contribution in [3.05, 3.63) is 47.8 Å². The lowest BCUT2D eigenvalue weighted by atomic mass is 10.1. The summed E-state index contributed by atoms with van der Waals surface area (Å²) < 4.78 is 12.8. The number of carbonyl (C=O) groups is 1. The van der Waals surface area contributed by atoms with Crippen LogP contribution in [-0.4, -0.2) is 22.6 Å². The van der Waals surface area contributed by atoms with Gasteiger partial charge < -0.3 is 10.6 Å². The summed E-state index contributed by atoms with van der Waals surface area (Å²) in [5.74, 6) is 0.737. The number of nitrogens with zero attached hydrogens (tertiary/aromatic N) is 2. The lowest BCUT2D eigenvalue weighted by molar-refractivity contribution is -0.115. The largest absolute Gasteiger partial charge is 0.368 e. The van der Waals surface area contributed by atoms with Crippen molar-refractivity contribution in [3.8, 4) is 0 Å². The van der Waals surface area contributed by atoms with Crippen LogP contribution in [0.3, 0.4) is 0 Å². The van der Waals surface area contributed by atoms with Crippen LogP contribution in [0.15, 0.2) is 36.4 Å². The van der Waals surface area contributed by atoms with Gasteiger partial charge in [0.05, 0.1) is 0 Å². The Morgan fingerprint density at radius 2 is 1.76 bits per heavy atom. The highest BCUT2D eigenvalue weighted by molar-refractivity contribution is 5.89. The van der Waals surface area contributed by atoms with Gasteiger partial charge in [-0.1, -0.05) is 19.1 Å². The first-order chi connectivity index (χ1) is 10.2. The molecule has 0 spiro atoms. The minimum absolute atomic E-state index is 0.0960. The molecule has 0 saturated carbocycles. The molecule has 6 heteroatoms. The average molecular weight is 288 g/mol. The van der Waals surface area contributed by atoms with E-state index in [1.807, 2.05) is 0 Å². The molecule has 0 saturated heterocycles. The molecule has 0 unspecified atom stereocenters. The number of rotatable bonds is 6. The number of amides is 1. The average Bonchev–Trinajstić information content (AvgIpc) is 2.51. The third-order valence-corrected chi connectivity index (χ3v) is 2.89. The Morgan fingerprint density at radius 1 is 1.10 bits per heavy atom. The summed E-state index contributed by atoms with van der Waals surface area (Å²) in [5.41, 5.74) is 1.05. The smallest absolute Gasteiger partial charge is 0.225 e. The zero-order chi connectivity index (χ0) is 15.1. The van der Waals surface area contributed by atoms with Crippen LogP contribution in [-0.2, 0) is 11.2 Å². The monoisotopic (exact) mass is 288 g/mol. The van der Waals surface area contributed by atoms with Gasteiger partial charge in [0.15, 0.2) is 5.82 Å². The Hall–Kier alpha value is -2.50. The number of carbonyl (C=O) groups excluding carboxylic acids is 1. The lowest BCUT2D eigenvalue weighted by Crippen LogP contribution is -2.12. The van der Waals surface area contributed by atoms with Gasteiger partial charge >= 0.3 is 0 Å². The maximum atomic E-state index is 12.8. The SMILES string of the molecule is CCC(=O)Nc1ccc(NCCc2ccc(F)cc2)nn1. The predicted molar refractivity (Wildman–Crippen MR) is 79.5 cm³/mol. The second-order valence-electron chi connectivity index (χ2n) is 4.51. The topological polar surface area (TPSA) is 66.9 Å². The predicted octanol–water partition coefficient (Wildman–Crippen LogP) is 2.62. The quantitative estimate of drug-likeness (QED) is 0.857. The van der Waals surface area contributed by atoms with Crippen molar-refractivity contribution in [2.24, 2.45) is 0 Å². The molecular formula is C15H17FN4O. The molecule has 110 valence electrons. The maximum Gasteiger partial charge on any atom is 0.225 e. The van der Waals surface area contributed by atoms with Crippen LogP contribution in [0.25, 0.3) is 0 Å². The molecule has 0 aliphatic carbocycles. The molecule has 0 radical (unpaired) electrons. The van der Waals surface area contributed by atoms with Gasteiger partial charge in [0.1, 0.15) is 11.6 Å². The minimum atomic E-state index is -0.234. The van der Waals surface area contributed by atoms with E-state index in [0.717, 1.165) is 12.0 Å². The van der Waals surface area contributed by atoms with E-state index in [1.54, 1.807) is 31.2 Å². The van der Waals surface area contributed by atoms with Gasteiger partial charge in [0.2, 0.25) is 5.91 Å². The highest BCUT2D eigenvalue weighted by atomic mass is 19.1.